The van der Waals surface area contributed by atoms with Crippen LogP contribution < -0.4 is 5.32 Å². The molecule has 0 fully saturated rings. The Balaban J connectivity index is 0.000000160. The maximum absolute atomic E-state index is 3.17. The summed E-state index contributed by atoms with van der Waals surface area (Å²) in [5.41, 5.74) is 1.19. The lowest BCUT2D eigenvalue weighted by molar-refractivity contribution is 1.50. The molecule has 0 atom stereocenters. The molecule has 1 nitrogen and oxygen atoms in total. The highest BCUT2D eigenvalue weighted by molar-refractivity contribution is 5.93. The van der Waals surface area contributed by atoms with Crippen LogP contribution in [0.15, 0.2) is 91.0 Å². The second-order valence-electron chi connectivity index (χ2n) is 5.12. The third kappa shape index (κ3) is 4.36. The zero-order chi connectivity index (χ0) is 17.2. The highest BCUT2D eigenvalue weighted by atomic mass is 14.8. The summed E-state index contributed by atoms with van der Waals surface area (Å²) in [6.07, 6.45) is 0. The van der Waals surface area contributed by atoms with Crippen LogP contribution in [0, 0.1) is 0 Å². The summed E-state index contributed by atoms with van der Waals surface area (Å²) in [6, 6.07) is 31.3. The highest BCUT2D eigenvalue weighted by Gasteiger charge is 1.95. The lowest BCUT2D eigenvalue weighted by atomic mass is 10.1. The summed E-state index contributed by atoms with van der Waals surface area (Å²) in [5, 5.41) is 8.35. The second-order valence-corrected chi connectivity index (χ2v) is 5.12. The minimum atomic E-state index is 1.19. The fourth-order valence-corrected chi connectivity index (χ4v) is 2.58. The Bertz CT molecular complexity index is 810. The van der Waals surface area contributed by atoms with E-state index in [0.717, 1.165) is 0 Å². The summed E-state index contributed by atoms with van der Waals surface area (Å²) < 4.78 is 0. The van der Waals surface area contributed by atoms with Gasteiger partial charge in [0.2, 0.25) is 0 Å². The van der Waals surface area contributed by atoms with Crippen LogP contribution in [0.5, 0.6) is 0 Å². The first kappa shape index (κ1) is 17.6. The molecule has 4 aromatic carbocycles. The molecule has 122 valence electrons. The van der Waals surface area contributed by atoms with Gasteiger partial charge in [-0.25, -0.2) is 0 Å². The number of hydrogen-bond acceptors (Lipinski definition) is 1. The molecule has 0 radical (unpaired) electrons. The molecule has 0 heterocycles. The van der Waals surface area contributed by atoms with Crippen LogP contribution in [0.3, 0.4) is 0 Å². The van der Waals surface area contributed by atoms with Gasteiger partial charge in [-0.1, -0.05) is 98.8 Å². The lowest BCUT2D eigenvalue weighted by Crippen LogP contribution is -1.88. The van der Waals surface area contributed by atoms with Crippen molar-refractivity contribution in [2.24, 2.45) is 0 Å². The Labute approximate surface area is 145 Å². The van der Waals surface area contributed by atoms with E-state index < -0.39 is 0 Å². The van der Waals surface area contributed by atoms with E-state index in [-0.39, 0.29) is 0 Å². The number of benzene rings is 4. The molecule has 0 aliphatic rings. The number of nitrogens with one attached hydrogen (secondary N) is 1. The quantitative estimate of drug-likeness (QED) is 0.410. The monoisotopic (exact) mass is 315 g/mol. The molecule has 24 heavy (non-hydrogen) atoms. The van der Waals surface area contributed by atoms with Crippen LogP contribution in [0.4, 0.5) is 5.69 Å². The van der Waals surface area contributed by atoms with Crippen molar-refractivity contribution >= 4 is 27.2 Å². The van der Waals surface area contributed by atoms with E-state index in [9.17, 15) is 0 Å². The van der Waals surface area contributed by atoms with E-state index in [1.54, 1.807) is 0 Å². The van der Waals surface area contributed by atoms with E-state index in [4.69, 9.17) is 0 Å². The van der Waals surface area contributed by atoms with E-state index in [1.807, 2.05) is 20.9 Å². The molecule has 0 spiro atoms. The largest absolute Gasteiger partial charge is 0.388 e. The molecule has 1 N–H and O–H groups in total. The molecule has 0 bridgehead atoms. The maximum Gasteiger partial charge on any atom is 0.0417 e. The topological polar surface area (TPSA) is 12.0 Å². The van der Waals surface area contributed by atoms with E-state index >= 15 is 0 Å². The van der Waals surface area contributed by atoms with Gasteiger partial charge >= 0.3 is 0 Å². The fourth-order valence-electron chi connectivity index (χ4n) is 2.58. The molecule has 0 amide bonds. The van der Waals surface area contributed by atoms with Gasteiger partial charge in [0.25, 0.3) is 0 Å². The van der Waals surface area contributed by atoms with Crippen molar-refractivity contribution in [1.82, 2.24) is 0 Å². The Morgan fingerprint density at radius 3 is 1.42 bits per heavy atom. The Morgan fingerprint density at radius 1 is 0.500 bits per heavy atom. The lowest BCUT2D eigenvalue weighted by Gasteiger charge is -2.04. The van der Waals surface area contributed by atoms with Crippen molar-refractivity contribution in [2.45, 2.75) is 13.8 Å². The summed E-state index contributed by atoms with van der Waals surface area (Å²) in [4.78, 5) is 0. The minimum absolute atomic E-state index is 1.19. The summed E-state index contributed by atoms with van der Waals surface area (Å²) in [7, 11) is 1.95. The van der Waals surface area contributed by atoms with Gasteiger partial charge in [0, 0.05) is 18.1 Å². The molecule has 4 rings (SSSR count). The Hall–Kier alpha value is -2.80. The number of anilines is 1. The van der Waals surface area contributed by atoms with Crippen molar-refractivity contribution in [3.05, 3.63) is 91.0 Å². The van der Waals surface area contributed by atoms with E-state index in [0.29, 0.717) is 0 Å². The molecule has 0 aliphatic heterocycles. The average molecular weight is 315 g/mol. The predicted molar refractivity (Wildman–Crippen MR) is 109 cm³/mol. The first-order valence-corrected chi connectivity index (χ1v) is 8.48. The maximum atomic E-state index is 3.17. The molecule has 0 saturated carbocycles. The molecule has 0 unspecified atom stereocenters. The number of hydrogen-bond donors (Lipinski definition) is 1. The minimum Gasteiger partial charge on any atom is -0.388 e. The van der Waals surface area contributed by atoms with Crippen LogP contribution >= 0.6 is 0 Å². The van der Waals surface area contributed by atoms with Crippen molar-refractivity contribution in [3.63, 3.8) is 0 Å². The molecular formula is C23H25N. The van der Waals surface area contributed by atoms with Gasteiger partial charge in [-0.2, -0.15) is 0 Å². The van der Waals surface area contributed by atoms with Gasteiger partial charge in [-0.3, -0.25) is 0 Å². The van der Waals surface area contributed by atoms with Gasteiger partial charge in [-0.05, 0) is 22.2 Å². The van der Waals surface area contributed by atoms with Crippen LogP contribution in [0.2, 0.25) is 0 Å². The van der Waals surface area contributed by atoms with Crippen LogP contribution in [-0.4, -0.2) is 7.05 Å². The fraction of sp³-hybridized carbons (Fsp3) is 0.130. The van der Waals surface area contributed by atoms with E-state index in [1.165, 1.54) is 27.2 Å². The second kappa shape index (κ2) is 9.36. The van der Waals surface area contributed by atoms with Crippen molar-refractivity contribution in [1.29, 1.82) is 0 Å². The van der Waals surface area contributed by atoms with Gasteiger partial charge in [0.1, 0.15) is 0 Å². The molecule has 0 aromatic heterocycles. The molecule has 0 saturated heterocycles. The summed E-state index contributed by atoms with van der Waals surface area (Å²) in [6.45, 7) is 4.00. The van der Waals surface area contributed by atoms with Gasteiger partial charge in [0.15, 0.2) is 0 Å². The molecule has 0 aliphatic carbocycles. The SMILES string of the molecule is CC.CNc1cccc2ccccc12.c1ccc2ccccc2c1. The summed E-state index contributed by atoms with van der Waals surface area (Å²) in [5.74, 6) is 0. The van der Waals surface area contributed by atoms with Crippen molar-refractivity contribution in [2.75, 3.05) is 12.4 Å². The van der Waals surface area contributed by atoms with Gasteiger partial charge < -0.3 is 5.32 Å². The summed E-state index contributed by atoms with van der Waals surface area (Å²) >= 11 is 0. The first-order valence-electron chi connectivity index (χ1n) is 8.48. The van der Waals surface area contributed by atoms with Crippen molar-refractivity contribution < 1.29 is 0 Å². The van der Waals surface area contributed by atoms with Crippen LogP contribution in [0.1, 0.15) is 13.8 Å². The van der Waals surface area contributed by atoms with Crippen molar-refractivity contribution in [3.8, 4) is 0 Å². The number of rotatable bonds is 1. The first-order chi connectivity index (χ1) is 11.9. The predicted octanol–water partition coefficient (Wildman–Crippen LogP) is 6.75. The van der Waals surface area contributed by atoms with Crippen LogP contribution in [0.25, 0.3) is 21.5 Å². The highest BCUT2D eigenvalue weighted by Crippen LogP contribution is 2.21. The zero-order valence-corrected chi connectivity index (χ0v) is 14.7. The van der Waals surface area contributed by atoms with Gasteiger partial charge in [0.05, 0.1) is 0 Å². The third-order valence-corrected chi connectivity index (χ3v) is 3.72. The smallest absolute Gasteiger partial charge is 0.0417 e. The average Bonchev–Trinajstić information content (AvgIpc) is 2.69. The molecule has 1 heteroatoms. The van der Waals surface area contributed by atoms with Gasteiger partial charge in [-0.15, -0.1) is 0 Å². The number of fused-ring (bicyclic) bond motifs is 2. The normalized spacial score (nSPS) is 9.46. The zero-order valence-electron chi connectivity index (χ0n) is 14.7. The Morgan fingerprint density at radius 2 is 0.917 bits per heavy atom. The van der Waals surface area contributed by atoms with E-state index in [2.05, 4.69) is 96.3 Å². The Kier molecular flexibility index (Phi) is 6.85. The molecule has 4 aromatic rings. The molecular weight excluding hydrogens is 290 g/mol. The third-order valence-electron chi connectivity index (χ3n) is 3.72. The van der Waals surface area contributed by atoms with Crippen LogP contribution in [-0.2, 0) is 0 Å². The standard InChI is InChI=1S/C11H11N.C10H8.C2H6/c1-12-11-8-4-6-9-5-2-3-7-10(9)11;1-2-6-10-8-4-3-7-9(10)5-1;1-2/h2-8,12H,1H3;1-8H;1-2H3.